The standard InChI is InChI=1S/C7H10O3/c1-2-4-7(9)10-6-3-5-8/h4,8H,1,3,5-6H2. The molecule has 0 bridgehead atoms. The van der Waals surface area contributed by atoms with Crippen LogP contribution in [0, 0.1) is 0 Å². The van der Waals surface area contributed by atoms with Gasteiger partial charge in [-0.15, -0.1) is 5.73 Å². The third kappa shape index (κ3) is 5.09. The van der Waals surface area contributed by atoms with Gasteiger partial charge in [0, 0.05) is 13.0 Å². The van der Waals surface area contributed by atoms with Crippen LogP contribution >= 0.6 is 0 Å². The molecule has 0 radical (unpaired) electrons. The molecule has 0 aliphatic carbocycles. The molecule has 0 aliphatic heterocycles. The molecule has 0 aromatic heterocycles. The molecular weight excluding hydrogens is 132 g/mol. The van der Waals surface area contributed by atoms with E-state index in [0.717, 1.165) is 6.08 Å². The Hall–Kier alpha value is -1.05. The van der Waals surface area contributed by atoms with Crippen LogP contribution in [-0.2, 0) is 9.53 Å². The molecule has 0 atom stereocenters. The second kappa shape index (κ2) is 6.08. The lowest BCUT2D eigenvalue weighted by molar-refractivity contribution is -0.137. The topological polar surface area (TPSA) is 46.5 Å². The van der Waals surface area contributed by atoms with Crippen LogP contribution in [0.4, 0.5) is 0 Å². The van der Waals surface area contributed by atoms with E-state index >= 15 is 0 Å². The number of hydrogen-bond acceptors (Lipinski definition) is 3. The summed E-state index contributed by atoms with van der Waals surface area (Å²) in [6.45, 7) is 3.47. The molecule has 0 saturated heterocycles. The molecule has 0 aromatic carbocycles. The largest absolute Gasteiger partial charge is 0.462 e. The Bertz CT molecular complexity index is 145. The number of carbonyl (C=O) groups excluding carboxylic acids is 1. The zero-order valence-electron chi connectivity index (χ0n) is 5.67. The van der Waals surface area contributed by atoms with Crippen molar-refractivity contribution in [2.75, 3.05) is 13.2 Å². The summed E-state index contributed by atoms with van der Waals surface area (Å²) >= 11 is 0. The van der Waals surface area contributed by atoms with Crippen molar-refractivity contribution in [1.29, 1.82) is 0 Å². The van der Waals surface area contributed by atoms with Crippen molar-refractivity contribution in [2.24, 2.45) is 0 Å². The molecule has 0 amide bonds. The first-order valence-electron chi connectivity index (χ1n) is 2.94. The SMILES string of the molecule is C=C=CC(=O)OCCCO. The molecule has 0 rings (SSSR count). The number of aliphatic hydroxyl groups excluding tert-OH is 1. The number of carbonyl (C=O) groups is 1. The van der Waals surface area contributed by atoms with Crippen LogP contribution in [0.25, 0.3) is 0 Å². The maximum Gasteiger partial charge on any atom is 0.338 e. The molecule has 0 unspecified atom stereocenters. The maximum absolute atomic E-state index is 10.5. The van der Waals surface area contributed by atoms with Crippen molar-refractivity contribution < 1.29 is 14.6 Å². The molecule has 0 aliphatic rings. The van der Waals surface area contributed by atoms with Gasteiger partial charge in [-0.25, -0.2) is 4.79 Å². The molecule has 0 spiro atoms. The first-order chi connectivity index (χ1) is 4.81. The maximum atomic E-state index is 10.5. The fourth-order valence-corrected chi connectivity index (χ4v) is 0.362. The Morgan fingerprint density at radius 1 is 1.80 bits per heavy atom. The molecule has 1 N–H and O–H groups in total. The lowest BCUT2D eigenvalue weighted by Crippen LogP contribution is -2.02. The second-order valence-corrected chi connectivity index (χ2v) is 1.59. The number of esters is 1. The summed E-state index contributed by atoms with van der Waals surface area (Å²) in [5.41, 5.74) is 2.28. The normalized spacial score (nSPS) is 8.10. The van der Waals surface area contributed by atoms with Crippen LogP contribution in [0.15, 0.2) is 18.4 Å². The van der Waals surface area contributed by atoms with E-state index in [4.69, 9.17) is 5.11 Å². The summed E-state index contributed by atoms with van der Waals surface area (Å²) in [7, 11) is 0. The van der Waals surface area contributed by atoms with E-state index in [1.807, 2.05) is 0 Å². The van der Waals surface area contributed by atoms with E-state index in [2.05, 4.69) is 17.0 Å². The lowest BCUT2D eigenvalue weighted by Gasteiger charge is -1.96. The van der Waals surface area contributed by atoms with Gasteiger partial charge in [0.2, 0.25) is 0 Å². The summed E-state index contributed by atoms with van der Waals surface area (Å²) in [4.78, 5) is 10.5. The van der Waals surface area contributed by atoms with Crippen LogP contribution in [0.2, 0.25) is 0 Å². The molecule has 0 heterocycles. The summed E-state index contributed by atoms with van der Waals surface area (Å²) in [5.74, 6) is -0.469. The smallest absolute Gasteiger partial charge is 0.338 e. The van der Waals surface area contributed by atoms with Gasteiger partial charge in [-0.2, -0.15) is 0 Å². The lowest BCUT2D eigenvalue weighted by atomic mass is 10.5. The number of rotatable bonds is 4. The zero-order valence-corrected chi connectivity index (χ0v) is 5.67. The van der Waals surface area contributed by atoms with Crippen LogP contribution in [-0.4, -0.2) is 24.3 Å². The van der Waals surface area contributed by atoms with E-state index in [1.165, 1.54) is 0 Å². The van der Waals surface area contributed by atoms with E-state index in [0.29, 0.717) is 6.42 Å². The minimum absolute atomic E-state index is 0.0328. The number of ether oxygens (including phenoxy) is 1. The van der Waals surface area contributed by atoms with Gasteiger partial charge in [0.25, 0.3) is 0 Å². The van der Waals surface area contributed by atoms with Crippen molar-refractivity contribution in [3.8, 4) is 0 Å². The third-order valence-corrected chi connectivity index (χ3v) is 0.767. The monoisotopic (exact) mass is 142 g/mol. The average molecular weight is 142 g/mol. The van der Waals surface area contributed by atoms with E-state index < -0.39 is 5.97 Å². The van der Waals surface area contributed by atoms with Gasteiger partial charge in [0.05, 0.1) is 12.7 Å². The Kier molecular flexibility index (Phi) is 5.44. The quantitative estimate of drug-likeness (QED) is 0.265. The summed E-state index contributed by atoms with van der Waals surface area (Å²) in [6.07, 6.45) is 1.58. The molecule has 0 fully saturated rings. The first-order valence-corrected chi connectivity index (χ1v) is 2.94. The highest BCUT2D eigenvalue weighted by Crippen LogP contribution is 1.82. The van der Waals surface area contributed by atoms with Crippen molar-refractivity contribution in [1.82, 2.24) is 0 Å². The molecular formula is C7H10O3. The fourth-order valence-electron chi connectivity index (χ4n) is 0.362. The highest BCUT2D eigenvalue weighted by molar-refractivity contribution is 5.81. The second-order valence-electron chi connectivity index (χ2n) is 1.59. The predicted molar refractivity (Wildman–Crippen MR) is 36.4 cm³/mol. The Labute approximate surface area is 59.6 Å². The summed E-state index contributed by atoms with van der Waals surface area (Å²) < 4.78 is 4.57. The predicted octanol–water partition coefficient (Wildman–Crippen LogP) is 0.253. The van der Waals surface area contributed by atoms with Gasteiger partial charge in [-0.05, 0) is 0 Å². The highest BCUT2D eigenvalue weighted by atomic mass is 16.5. The van der Waals surface area contributed by atoms with Gasteiger partial charge in [-0.3, -0.25) is 0 Å². The van der Waals surface area contributed by atoms with E-state index in [-0.39, 0.29) is 13.2 Å². The molecule has 0 saturated carbocycles. The van der Waals surface area contributed by atoms with Gasteiger partial charge in [-0.1, -0.05) is 6.58 Å². The van der Waals surface area contributed by atoms with Crippen LogP contribution in [0.3, 0.4) is 0 Å². The first kappa shape index (κ1) is 8.95. The minimum atomic E-state index is -0.469. The fraction of sp³-hybridized carbons (Fsp3) is 0.429. The number of hydrogen-bond donors (Lipinski definition) is 1. The van der Waals surface area contributed by atoms with Crippen molar-refractivity contribution in [3.63, 3.8) is 0 Å². The van der Waals surface area contributed by atoms with E-state index in [1.54, 1.807) is 0 Å². The van der Waals surface area contributed by atoms with Crippen LogP contribution in [0.1, 0.15) is 6.42 Å². The van der Waals surface area contributed by atoms with Gasteiger partial charge in [0.1, 0.15) is 0 Å². The summed E-state index contributed by atoms with van der Waals surface area (Å²) in [6, 6.07) is 0. The Morgan fingerprint density at radius 2 is 2.50 bits per heavy atom. The molecule has 0 aromatic rings. The molecule has 56 valence electrons. The average Bonchev–Trinajstić information content (AvgIpc) is 1.89. The third-order valence-electron chi connectivity index (χ3n) is 0.767. The van der Waals surface area contributed by atoms with Crippen LogP contribution < -0.4 is 0 Å². The number of aliphatic hydroxyl groups is 1. The zero-order chi connectivity index (χ0) is 7.82. The summed E-state index contributed by atoms with van der Waals surface area (Å²) in [5, 5.41) is 8.28. The Morgan fingerprint density at radius 3 is 3.00 bits per heavy atom. The van der Waals surface area contributed by atoms with Gasteiger partial charge in [0.15, 0.2) is 0 Å². The molecule has 3 heteroatoms. The van der Waals surface area contributed by atoms with Gasteiger partial charge < -0.3 is 9.84 Å². The minimum Gasteiger partial charge on any atom is -0.462 e. The molecule has 10 heavy (non-hydrogen) atoms. The van der Waals surface area contributed by atoms with Crippen molar-refractivity contribution in [2.45, 2.75) is 6.42 Å². The van der Waals surface area contributed by atoms with Crippen LogP contribution in [0.5, 0.6) is 0 Å². The van der Waals surface area contributed by atoms with E-state index in [9.17, 15) is 4.79 Å². The van der Waals surface area contributed by atoms with Crippen molar-refractivity contribution >= 4 is 5.97 Å². The van der Waals surface area contributed by atoms with Gasteiger partial charge >= 0.3 is 5.97 Å². The Balaban J connectivity index is 3.31. The van der Waals surface area contributed by atoms with Crippen molar-refractivity contribution in [3.05, 3.63) is 18.4 Å². The highest BCUT2D eigenvalue weighted by Gasteiger charge is 1.93. The molecule has 3 nitrogen and oxygen atoms in total.